The summed E-state index contributed by atoms with van der Waals surface area (Å²) in [6.45, 7) is 11.5. The van der Waals surface area contributed by atoms with E-state index in [4.69, 9.17) is 11.6 Å². The predicted molar refractivity (Wildman–Crippen MR) is 94.2 cm³/mol. The minimum absolute atomic E-state index is 0.00387. The van der Waals surface area contributed by atoms with Gasteiger partial charge >= 0.3 is 0 Å². The van der Waals surface area contributed by atoms with E-state index in [2.05, 4.69) is 4.98 Å². The molecule has 0 spiro atoms. The second kappa shape index (κ2) is 5.75. The van der Waals surface area contributed by atoms with Crippen molar-refractivity contribution in [1.29, 1.82) is 0 Å². The molecule has 0 saturated heterocycles. The molecule has 0 atom stereocenters. The Kier molecular flexibility index (Phi) is 4.42. The van der Waals surface area contributed by atoms with E-state index < -0.39 is 5.41 Å². The maximum absolute atomic E-state index is 12.9. The van der Waals surface area contributed by atoms with Crippen LogP contribution in [0.15, 0.2) is 23.0 Å². The lowest BCUT2D eigenvalue weighted by Crippen LogP contribution is -2.35. The van der Waals surface area contributed by atoms with E-state index in [0.29, 0.717) is 16.4 Å². The first kappa shape index (κ1) is 17.7. The van der Waals surface area contributed by atoms with Gasteiger partial charge in [0, 0.05) is 16.4 Å². The Balaban J connectivity index is 2.78. The summed E-state index contributed by atoms with van der Waals surface area (Å²) in [5, 5.41) is 1.11. The van der Waals surface area contributed by atoms with Gasteiger partial charge in [0.25, 0.3) is 5.56 Å². The lowest BCUT2D eigenvalue weighted by Gasteiger charge is -2.22. The number of carbonyl (C=O) groups is 1. The van der Waals surface area contributed by atoms with Crippen LogP contribution in [-0.2, 0) is 16.8 Å². The lowest BCUT2D eigenvalue weighted by molar-refractivity contribution is -0.126. The zero-order chi connectivity index (χ0) is 17.6. The molecular formula is C18H23ClN2O2. The molecule has 0 saturated carbocycles. The second-order valence-electron chi connectivity index (χ2n) is 7.92. The van der Waals surface area contributed by atoms with Gasteiger partial charge in [-0.2, -0.15) is 0 Å². The quantitative estimate of drug-likeness (QED) is 0.781. The first-order chi connectivity index (χ1) is 10.4. The third-order valence-electron chi connectivity index (χ3n) is 3.85. The molecule has 2 aromatic heterocycles. The smallest absolute Gasteiger partial charge is 0.256 e. The number of hydrogen-bond acceptors (Lipinski definition) is 3. The number of nitrogens with zero attached hydrogens (tertiary/aromatic N) is 2. The van der Waals surface area contributed by atoms with Crippen molar-refractivity contribution in [2.24, 2.45) is 5.41 Å². The van der Waals surface area contributed by atoms with E-state index in [-0.39, 0.29) is 23.3 Å². The van der Waals surface area contributed by atoms with Crippen LogP contribution in [0, 0.1) is 5.41 Å². The number of carbonyl (C=O) groups excluding carboxylic acids is 1. The number of fused-ring (bicyclic) bond motifs is 1. The van der Waals surface area contributed by atoms with E-state index in [1.54, 1.807) is 6.07 Å². The van der Waals surface area contributed by atoms with E-state index in [1.165, 1.54) is 4.57 Å². The third kappa shape index (κ3) is 3.63. The maximum Gasteiger partial charge on any atom is 0.256 e. The van der Waals surface area contributed by atoms with Crippen molar-refractivity contribution in [2.75, 3.05) is 0 Å². The van der Waals surface area contributed by atoms with Gasteiger partial charge in [0.15, 0.2) is 5.78 Å². The number of aromatic nitrogens is 2. The average molecular weight is 335 g/mol. The van der Waals surface area contributed by atoms with Gasteiger partial charge in [-0.25, -0.2) is 4.98 Å². The molecule has 2 rings (SSSR count). The minimum Gasteiger partial charge on any atom is -0.297 e. The summed E-state index contributed by atoms with van der Waals surface area (Å²) >= 11 is 5.99. The Morgan fingerprint density at radius 1 is 1.17 bits per heavy atom. The van der Waals surface area contributed by atoms with Gasteiger partial charge in [0.2, 0.25) is 0 Å². The molecule has 0 aliphatic heterocycles. The Bertz CT molecular complexity index is 824. The van der Waals surface area contributed by atoms with Gasteiger partial charge in [0.05, 0.1) is 6.54 Å². The lowest BCUT2D eigenvalue weighted by atomic mass is 9.87. The van der Waals surface area contributed by atoms with Crippen LogP contribution in [0.3, 0.4) is 0 Å². The molecular weight excluding hydrogens is 312 g/mol. The standard InChI is InChI=1S/C18H23ClN2O2/c1-17(2,3)12-9-11-7-8-14(19)20-15(11)21(16(12)23)10-13(22)18(4,5)6/h7-9H,10H2,1-6H3. The zero-order valence-corrected chi connectivity index (χ0v) is 15.3. The number of pyridine rings is 2. The van der Waals surface area contributed by atoms with Crippen LogP contribution in [0.4, 0.5) is 0 Å². The summed E-state index contributed by atoms with van der Waals surface area (Å²) in [6, 6.07) is 5.37. The van der Waals surface area contributed by atoms with Crippen LogP contribution in [0.1, 0.15) is 47.1 Å². The van der Waals surface area contributed by atoms with Gasteiger partial charge in [-0.1, -0.05) is 53.1 Å². The highest BCUT2D eigenvalue weighted by Crippen LogP contribution is 2.24. The highest BCUT2D eigenvalue weighted by Gasteiger charge is 2.26. The molecule has 0 radical (unpaired) electrons. The Morgan fingerprint density at radius 2 is 1.78 bits per heavy atom. The molecule has 124 valence electrons. The summed E-state index contributed by atoms with van der Waals surface area (Å²) in [5.41, 5.74) is 0.0841. The number of Topliss-reactive ketones (excluding diaryl/α,β-unsaturated/α-hetero) is 1. The molecule has 0 amide bonds. The topological polar surface area (TPSA) is 52.0 Å². The van der Waals surface area contributed by atoms with E-state index in [0.717, 1.165) is 5.39 Å². The Labute approximate surface area is 141 Å². The number of hydrogen-bond donors (Lipinski definition) is 0. The van der Waals surface area contributed by atoms with Crippen LogP contribution in [-0.4, -0.2) is 15.3 Å². The van der Waals surface area contributed by atoms with Gasteiger partial charge in [-0.05, 0) is 23.6 Å². The van der Waals surface area contributed by atoms with Crippen LogP contribution in [0.5, 0.6) is 0 Å². The fourth-order valence-corrected chi connectivity index (χ4v) is 2.43. The van der Waals surface area contributed by atoms with Gasteiger partial charge in [0.1, 0.15) is 10.8 Å². The van der Waals surface area contributed by atoms with Crippen molar-refractivity contribution in [1.82, 2.24) is 9.55 Å². The molecule has 0 fully saturated rings. The SMILES string of the molecule is CC(C)(C)C(=O)Cn1c(=O)c(C(C)(C)C)cc2ccc(Cl)nc21. The van der Waals surface area contributed by atoms with Gasteiger partial charge in [-0.15, -0.1) is 0 Å². The largest absolute Gasteiger partial charge is 0.297 e. The maximum atomic E-state index is 12.9. The molecule has 0 unspecified atom stereocenters. The van der Waals surface area contributed by atoms with Crippen LogP contribution in [0.25, 0.3) is 11.0 Å². The molecule has 23 heavy (non-hydrogen) atoms. The fraction of sp³-hybridized carbons (Fsp3) is 0.500. The molecule has 0 aliphatic rings. The van der Waals surface area contributed by atoms with Crippen LogP contribution >= 0.6 is 11.6 Å². The predicted octanol–water partition coefficient (Wildman–Crippen LogP) is 3.96. The number of rotatable bonds is 2. The Morgan fingerprint density at radius 3 is 2.30 bits per heavy atom. The van der Waals surface area contributed by atoms with E-state index >= 15 is 0 Å². The monoisotopic (exact) mass is 334 g/mol. The molecule has 2 aromatic rings. The van der Waals surface area contributed by atoms with Crippen molar-refractivity contribution >= 4 is 28.4 Å². The minimum atomic E-state index is -0.526. The van der Waals surface area contributed by atoms with Crippen LogP contribution in [0.2, 0.25) is 5.15 Å². The highest BCUT2D eigenvalue weighted by atomic mass is 35.5. The van der Waals surface area contributed by atoms with E-state index in [1.807, 2.05) is 53.7 Å². The molecule has 2 heterocycles. The molecule has 5 heteroatoms. The van der Waals surface area contributed by atoms with Crippen LogP contribution < -0.4 is 5.56 Å². The summed E-state index contributed by atoms with van der Waals surface area (Å²) in [7, 11) is 0. The van der Waals surface area contributed by atoms with Crippen molar-refractivity contribution in [3.63, 3.8) is 0 Å². The van der Waals surface area contributed by atoms with Crippen molar-refractivity contribution in [3.8, 4) is 0 Å². The second-order valence-corrected chi connectivity index (χ2v) is 8.31. The molecule has 0 bridgehead atoms. The Hall–Kier alpha value is -1.68. The number of ketones is 1. The zero-order valence-electron chi connectivity index (χ0n) is 14.5. The van der Waals surface area contributed by atoms with E-state index in [9.17, 15) is 9.59 Å². The highest BCUT2D eigenvalue weighted by molar-refractivity contribution is 6.29. The normalized spacial score (nSPS) is 12.7. The summed E-state index contributed by atoms with van der Waals surface area (Å²) in [5.74, 6) is -0.0197. The molecule has 0 aromatic carbocycles. The molecule has 0 aliphatic carbocycles. The summed E-state index contributed by atoms with van der Waals surface area (Å²) in [4.78, 5) is 29.7. The third-order valence-corrected chi connectivity index (χ3v) is 4.06. The summed E-state index contributed by atoms with van der Waals surface area (Å²) < 4.78 is 1.45. The first-order valence-corrected chi connectivity index (χ1v) is 8.03. The molecule has 4 nitrogen and oxygen atoms in total. The van der Waals surface area contributed by atoms with Crippen molar-refractivity contribution in [2.45, 2.75) is 53.5 Å². The van der Waals surface area contributed by atoms with Crippen molar-refractivity contribution < 1.29 is 4.79 Å². The fourth-order valence-electron chi connectivity index (χ4n) is 2.29. The van der Waals surface area contributed by atoms with Crippen molar-refractivity contribution in [3.05, 3.63) is 39.3 Å². The van der Waals surface area contributed by atoms with Gasteiger partial charge < -0.3 is 0 Å². The average Bonchev–Trinajstić information content (AvgIpc) is 2.39. The number of halogens is 1. The summed E-state index contributed by atoms with van der Waals surface area (Å²) in [6.07, 6.45) is 0. The molecule has 0 N–H and O–H groups in total. The van der Waals surface area contributed by atoms with Gasteiger partial charge in [-0.3, -0.25) is 14.2 Å². The first-order valence-electron chi connectivity index (χ1n) is 7.65.